The minimum atomic E-state index is -0.695. The van der Waals surface area contributed by atoms with Crippen molar-refractivity contribution in [2.24, 2.45) is 11.8 Å². The third-order valence-corrected chi connectivity index (χ3v) is 5.82. The van der Waals surface area contributed by atoms with Crippen molar-refractivity contribution < 1.29 is 19.4 Å². The minimum Gasteiger partial charge on any atom is -0.446 e. The van der Waals surface area contributed by atoms with Crippen LogP contribution >= 0.6 is 0 Å². The van der Waals surface area contributed by atoms with E-state index in [0.717, 1.165) is 11.1 Å². The van der Waals surface area contributed by atoms with Gasteiger partial charge in [-0.25, -0.2) is 4.79 Å². The standard InChI is InChI=1S/C25H35NO4/c1-6-22(30-25(28)26-19(4)20-13-9-7-10-14-20)17(2)23(27)18(3)24(29-5)21-15-11-8-12-16-21/h7-19,22-24,27H,6H2,1-5H3,(H,26,28)/t17-,18+,19-,22-,23-,24-/m0/s1. The lowest BCUT2D eigenvalue weighted by atomic mass is 9.83. The third-order valence-electron chi connectivity index (χ3n) is 5.82. The average molecular weight is 414 g/mol. The van der Waals surface area contributed by atoms with Gasteiger partial charge in [0.15, 0.2) is 0 Å². The van der Waals surface area contributed by atoms with Crippen LogP contribution in [0.25, 0.3) is 0 Å². The molecule has 0 aliphatic heterocycles. The fraction of sp³-hybridized carbons (Fsp3) is 0.480. The van der Waals surface area contributed by atoms with E-state index in [1.165, 1.54) is 0 Å². The molecule has 0 radical (unpaired) electrons. The number of amides is 1. The molecular weight excluding hydrogens is 378 g/mol. The molecule has 0 saturated carbocycles. The molecule has 5 nitrogen and oxygen atoms in total. The molecule has 2 N–H and O–H groups in total. The van der Waals surface area contributed by atoms with Crippen LogP contribution in [-0.2, 0) is 9.47 Å². The number of benzene rings is 2. The van der Waals surface area contributed by atoms with Gasteiger partial charge in [-0.1, -0.05) is 81.4 Å². The Hall–Kier alpha value is -2.37. The molecule has 0 spiro atoms. The molecule has 164 valence electrons. The number of nitrogens with one attached hydrogen (secondary N) is 1. The first-order valence-corrected chi connectivity index (χ1v) is 10.7. The molecule has 0 aliphatic rings. The quantitative estimate of drug-likeness (QED) is 0.556. The molecule has 6 atom stereocenters. The van der Waals surface area contributed by atoms with E-state index >= 15 is 0 Å². The number of hydrogen-bond acceptors (Lipinski definition) is 4. The highest BCUT2D eigenvalue weighted by atomic mass is 16.6. The van der Waals surface area contributed by atoms with Crippen LogP contribution in [0.5, 0.6) is 0 Å². The molecule has 5 heteroatoms. The molecule has 0 fully saturated rings. The topological polar surface area (TPSA) is 67.8 Å². The Balaban J connectivity index is 1.99. The zero-order valence-electron chi connectivity index (χ0n) is 18.6. The molecule has 0 saturated heterocycles. The Kier molecular flexibility index (Phi) is 9.34. The third kappa shape index (κ3) is 6.31. The van der Waals surface area contributed by atoms with Gasteiger partial charge in [0.25, 0.3) is 0 Å². The van der Waals surface area contributed by atoms with Crippen molar-refractivity contribution in [1.82, 2.24) is 5.32 Å². The zero-order chi connectivity index (χ0) is 22.1. The van der Waals surface area contributed by atoms with Crippen molar-refractivity contribution in [3.63, 3.8) is 0 Å². The van der Waals surface area contributed by atoms with Gasteiger partial charge in [-0.3, -0.25) is 0 Å². The molecule has 1 amide bonds. The van der Waals surface area contributed by atoms with Gasteiger partial charge in [0.1, 0.15) is 6.10 Å². The van der Waals surface area contributed by atoms with E-state index in [4.69, 9.17) is 9.47 Å². The van der Waals surface area contributed by atoms with Gasteiger partial charge < -0.3 is 19.9 Å². The van der Waals surface area contributed by atoms with Crippen molar-refractivity contribution >= 4 is 6.09 Å². The molecule has 2 aromatic carbocycles. The Morgan fingerprint density at radius 1 is 0.933 bits per heavy atom. The summed E-state index contributed by atoms with van der Waals surface area (Å²) in [6, 6.07) is 19.4. The lowest BCUT2D eigenvalue weighted by Gasteiger charge is -2.34. The maximum atomic E-state index is 12.5. The maximum Gasteiger partial charge on any atom is 0.407 e. The number of ether oxygens (including phenoxy) is 2. The highest BCUT2D eigenvalue weighted by Crippen LogP contribution is 2.32. The van der Waals surface area contributed by atoms with Gasteiger partial charge in [0, 0.05) is 18.9 Å². The largest absolute Gasteiger partial charge is 0.446 e. The summed E-state index contributed by atoms with van der Waals surface area (Å²) in [5.41, 5.74) is 2.03. The number of aliphatic hydroxyl groups is 1. The number of aliphatic hydroxyl groups excluding tert-OH is 1. The first-order chi connectivity index (χ1) is 14.4. The Bertz CT molecular complexity index is 752. The van der Waals surface area contributed by atoms with E-state index in [1.54, 1.807) is 7.11 Å². The fourth-order valence-corrected chi connectivity index (χ4v) is 3.91. The molecule has 0 bridgehead atoms. The predicted molar refractivity (Wildman–Crippen MR) is 119 cm³/mol. The van der Waals surface area contributed by atoms with Crippen molar-refractivity contribution in [3.8, 4) is 0 Å². The van der Waals surface area contributed by atoms with Crippen molar-refractivity contribution in [1.29, 1.82) is 0 Å². The van der Waals surface area contributed by atoms with E-state index in [9.17, 15) is 9.90 Å². The van der Waals surface area contributed by atoms with Crippen LogP contribution in [-0.4, -0.2) is 30.5 Å². The van der Waals surface area contributed by atoms with Gasteiger partial charge in [-0.15, -0.1) is 0 Å². The summed E-state index contributed by atoms with van der Waals surface area (Å²) in [5.74, 6) is -0.416. The summed E-state index contributed by atoms with van der Waals surface area (Å²) in [7, 11) is 1.65. The molecule has 0 aromatic heterocycles. The smallest absolute Gasteiger partial charge is 0.407 e. The van der Waals surface area contributed by atoms with Crippen molar-refractivity contribution in [2.45, 2.75) is 58.5 Å². The predicted octanol–water partition coefficient (Wildman–Crippen LogP) is 5.27. The Labute approximate surface area is 180 Å². The first kappa shape index (κ1) is 23.9. The molecule has 2 rings (SSSR count). The van der Waals surface area contributed by atoms with E-state index in [1.807, 2.05) is 88.4 Å². The SMILES string of the molecule is CC[C@H](OC(=O)N[C@@H](C)c1ccccc1)[C@H](C)[C@H](O)[C@@H](C)[C@H](OC)c1ccccc1. The van der Waals surface area contributed by atoms with E-state index in [2.05, 4.69) is 5.32 Å². The van der Waals surface area contributed by atoms with Gasteiger partial charge in [-0.2, -0.15) is 0 Å². The van der Waals surface area contributed by atoms with E-state index < -0.39 is 18.3 Å². The molecular formula is C25H35NO4. The van der Waals surface area contributed by atoms with Crippen LogP contribution < -0.4 is 5.32 Å². The number of hydrogen-bond donors (Lipinski definition) is 2. The number of carbonyl (C=O) groups excluding carboxylic acids is 1. The highest BCUT2D eigenvalue weighted by Gasteiger charge is 2.34. The second kappa shape index (κ2) is 11.7. The number of methoxy groups -OCH3 is 1. The van der Waals surface area contributed by atoms with Crippen LogP contribution in [0.4, 0.5) is 4.79 Å². The average Bonchev–Trinajstić information content (AvgIpc) is 2.78. The maximum absolute atomic E-state index is 12.5. The van der Waals surface area contributed by atoms with Gasteiger partial charge in [0.05, 0.1) is 18.2 Å². The normalized spacial score (nSPS) is 17.3. The number of rotatable bonds is 10. The summed E-state index contributed by atoms with van der Waals surface area (Å²) in [4.78, 5) is 12.5. The van der Waals surface area contributed by atoms with Crippen molar-refractivity contribution in [3.05, 3.63) is 71.8 Å². The lowest BCUT2D eigenvalue weighted by molar-refractivity contribution is -0.0606. The summed E-state index contributed by atoms with van der Waals surface area (Å²) in [5, 5.41) is 13.9. The minimum absolute atomic E-state index is 0.161. The van der Waals surface area contributed by atoms with Crippen molar-refractivity contribution in [2.75, 3.05) is 7.11 Å². The number of alkyl carbamates (subject to hydrolysis) is 1. The number of carbonyl (C=O) groups is 1. The van der Waals surface area contributed by atoms with Gasteiger partial charge in [0.2, 0.25) is 0 Å². The summed E-state index contributed by atoms with van der Waals surface area (Å²) in [6.07, 6.45) is -1.20. The Morgan fingerprint density at radius 3 is 1.97 bits per heavy atom. The summed E-state index contributed by atoms with van der Waals surface area (Å²) in [6.45, 7) is 7.76. The van der Waals surface area contributed by atoms with Crippen LogP contribution in [0, 0.1) is 11.8 Å². The molecule has 0 unspecified atom stereocenters. The zero-order valence-corrected chi connectivity index (χ0v) is 18.6. The molecule has 0 aliphatic carbocycles. The molecule has 0 heterocycles. The molecule has 2 aromatic rings. The van der Waals surface area contributed by atoms with Crippen LogP contribution in [0.15, 0.2) is 60.7 Å². The Morgan fingerprint density at radius 2 is 1.47 bits per heavy atom. The second-order valence-electron chi connectivity index (χ2n) is 7.90. The second-order valence-corrected chi connectivity index (χ2v) is 7.90. The van der Waals surface area contributed by atoms with Gasteiger partial charge in [-0.05, 0) is 24.5 Å². The van der Waals surface area contributed by atoms with E-state index in [0.29, 0.717) is 6.42 Å². The monoisotopic (exact) mass is 413 g/mol. The highest BCUT2D eigenvalue weighted by molar-refractivity contribution is 5.68. The molecule has 30 heavy (non-hydrogen) atoms. The van der Waals surface area contributed by atoms with Crippen LogP contribution in [0.3, 0.4) is 0 Å². The van der Waals surface area contributed by atoms with Crippen LogP contribution in [0.2, 0.25) is 0 Å². The summed E-state index contributed by atoms with van der Waals surface area (Å²) >= 11 is 0. The lowest BCUT2D eigenvalue weighted by Crippen LogP contribution is -2.40. The van der Waals surface area contributed by atoms with Gasteiger partial charge >= 0.3 is 6.09 Å². The van der Waals surface area contributed by atoms with E-state index in [-0.39, 0.29) is 24.0 Å². The first-order valence-electron chi connectivity index (χ1n) is 10.7. The summed E-state index contributed by atoms with van der Waals surface area (Å²) < 4.78 is 11.4. The van der Waals surface area contributed by atoms with Crippen LogP contribution in [0.1, 0.15) is 57.4 Å². The fourth-order valence-electron chi connectivity index (χ4n) is 3.91.